The fraction of sp³-hybridized carbons (Fsp3) is 0.364. The van der Waals surface area contributed by atoms with Crippen LogP contribution in [0.25, 0.3) is 0 Å². The Hall–Kier alpha value is -1.35. The fourth-order valence-corrected chi connectivity index (χ4v) is 1.48. The molecule has 0 fully saturated rings. The lowest BCUT2D eigenvalue weighted by Gasteiger charge is -2.15. The number of rotatable bonds is 3. The van der Waals surface area contributed by atoms with Crippen LogP contribution in [0.4, 0.5) is 0 Å². The average Bonchev–Trinajstić information content (AvgIpc) is 2.11. The van der Waals surface area contributed by atoms with Gasteiger partial charge in [0, 0.05) is 0 Å². The molecule has 1 unspecified atom stereocenters. The molecule has 0 aliphatic carbocycles. The number of carbonyl (C=O) groups is 1. The summed E-state index contributed by atoms with van der Waals surface area (Å²) in [7, 11) is 0. The van der Waals surface area contributed by atoms with Gasteiger partial charge in [-0.25, -0.2) is 0 Å². The Balaban J connectivity index is 3.08. The number of hydrogen-bond acceptors (Lipinski definition) is 2. The highest BCUT2D eigenvalue weighted by Crippen LogP contribution is 2.18. The maximum absolute atomic E-state index is 10.3. The molecule has 0 saturated carbocycles. The first kappa shape index (κ1) is 10.7. The zero-order chi connectivity index (χ0) is 10.7. The van der Waals surface area contributed by atoms with Gasteiger partial charge in [0.2, 0.25) is 6.41 Å². The lowest BCUT2D eigenvalue weighted by atomic mass is 9.99. The van der Waals surface area contributed by atoms with Crippen LogP contribution in [0.2, 0.25) is 0 Å². The number of amides is 1. The monoisotopic (exact) mass is 192 g/mol. The van der Waals surface area contributed by atoms with Gasteiger partial charge in [0.1, 0.15) is 6.17 Å². The van der Waals surface area contributed by atoms with Gasteiger partial charge in [0.15, 0.2) is 0 Å². The van der Waals surface area contributed by atoms with Gasteiger partial charge in [-0.1, -0.05) is 12.1 Å². The number of nitrogens with one attached hydrogen (secondary N) is 1. The van der Waals surface area contributed by atoms with Gasteiger partial charge in [-0.3, -0.25) is 4.79 Å². The Bertz CT molecular complexity index is 347. The lowest BCUT2D eigenvalue weighted by Crippen LogP contribution is -2.28. The largest absolute Gasteiger partial charge is 0.339 e. The SMILES string of the molecule is Cc1cc(C)c(C(N)NC=O)cc1C. The first-order valence-corrected chi connectivity index (χ1v) is 4.59. The summed E-state index contributed by atoms with van der Waals surface area (Å²) in [5.74, 6) is 0. The molecule has 0 aliphatic rings. The zero-order valence-corrected chi connectivity index (χ0v) is 8.79. The van der Waals surface area contributed by atoms with E-state index in [4.69, 9.17) is 5.73 Å². The molecule has 76 valence electrons. The van der Waals surface area contributed by atoms with Gasteiger partial charge in [0.05, 0.1) is 0 Å². The first-order valence-electron chi connectivity index (χ1n) is 4.59. The number of hydrogen-bond donors (Lipinski definition) is 2. The van der Waals surface area contributed by atoms with Crippen LogP contribution in [-0.2, 0) is 4.79 Å². The minimum Gasteiger partial charge on any atom is -0.339 e. The molecule has 3 heteroatoms. The highest BCUT2D eigenvalue weighted by Gasteiger charge is 2.08. The van der Waals surface area contributed by atoms with Crippen LogP contribution in [-0.4, -0.2) is 6.41 Å². The molecule has 0 aromatic heterocycles. The molecule has 3 nitrogen and oxygen atoms in total. The van der Waals surface area contributed by atoms with Crippen molar-refractivity contribution in [3.8, 4) is 0 Å². The van der Waals surface area contributed by atoms with E-state index in [-0.39, 0.29) is 0 Å². The summed E-state index contributed by atoms with van der Waals surface area (Å²) in [6.45, 7) is 6.09. The Morgan fingerprint density at radius 3 is 2.36 bits per heavy atom. The van der Waals surface area contributed by atoms with Crippen molar-refractivity contribution in [1.29, 1.82) is 0 Å². The minimum atomic E-state index is -0.410. The van der Waals surface area contributed by atoms with Crippen LogP contribution >= 0.6 is 0 Å². The van der Waals surface area contributed by atoms with Crippen LogP contribution < -0.4 is 11.1 Å². The highest BCUT2D eigenvalue weighted by molar-refractivity contribution is 5.48. The van der Waals surface area contributed by atoms with Crippen LogP contribution in [0.3, 0.4) is 0 Å². The molecule has 14 heavy (non-hydrogen) atoms. The van der Waals surface area contributed by atoms with Crippen molar-refractivity contribution in [2.75, 3.05) is 0 Å². The van der Waals surface area contributed by atoms with E-state index in [1.165, 1.54) is 11.1 Å². The van der Waals surface area contributed by atoms with Crippen LogP contribution in [0, 0.1) is 20.8 Å². The number of carbonyl (C=O) groups excluding carboxylic acids is 1. The summed E-state index contributed by atoms with van der Waals surface area (Å²) < 4.78 is 0. The van der Waals surface area contributed by atoms with Gasteiger partial charge in [0.25, 0.3) is 0 Å². The normalized spacial score (nSPS) is 12.3. The van der Waals surface area contributed by atoms with Gasteiger partial charge < -0.3 is 11.1 Å². The average molecular weight is 192 g/mol. The second-order valence-corrected chi connectivity index (χ2v) is 3.56. The molecule has 1 amide bonds. The van der Waals surface area contributed by atoms with Gasteiger partial charge in [-0.05, 0) is 43.0 Å². The van der Waals surface area contributed by atoms with E-state index in [1.807, 2.05) is 19.9 Å². The molecule has 3 N–H and O–H groups in total. The smallest absolute Gasteiger partial charge is 0.208 e. The van der Waals surface area contributed by atoms with Crippen molar-refractivity contribution >= 4 is 6.41 Å². The highest BCUT2D eigenvalue weighted by atomic mass is 16.1. The molecule has 0 heterocycles. The molecule has 0 saturated heterocycles. The molecule has 0 spiro atoms. The molecule has 0 aliphatic heterocycles. The Morgan fingerprint density at radius 2 is 1.79 bits per heavy atom. The first-order chi connectivity index (χ1) is 6.56. The third-order valence-electron chi connectivity index (χ3n) is 2.47. The van der Waals surface area contributed by atoms with Gasteiger partial charge >= 0.3 is 0 Å². The third kappa shape index (κ3) is 2.12. The van der Waals surface area contributed by atoms with Crippen molar-refractivity contribution in [2.45, 2.75) is 26.9 Å². The van der Waals surface area contributed by atoms with E-state index in [0.29, 0.717) is 6.41 Å². The summed E-state index contributed by atoms with van der Waals surface area (Å²) in [4.78, 5) is 10.3. The van der Waals surface area contributed by atoms with Crippen molar-refractivity contribution in [3.63, 3.8) is 0 Å². The third-order valence-corrected chi connectivity index (χ3v) is 2.47. The number of nitrogens with two attached hydrogens (primary N) is 1. The number of aryl methyl sites for hydroxylation is 3. The van der Waals surface area contributed by atoms with Crippen molar-refractivity contribution in [3.05, 3.63) is 34.4 Å². The van der Waals surface area contributed by atoms with E-state index in [0.717, 1.165) is 11.1 Å². The molecule has 0 radical (unpaired) electrons. The lowest BCUT2D eigenvalue weighted by molar-refractivity contribution is -0.110. The quantitative estimate of drug-likeness (QED) is 0.560. The van der Waals surface area contributed by atoms with E-state index in [9.17, 15) is 4.79 Å². The molecule has 1 aromatic rings. The second kappa shape index (κ2) is 4.24. The Morgan fingerprint density at radius 1 is 1.21 bits per heavy atom. The van der Waals surface area contributed by atoms with Crippen LogP contribution in [0.1, 0.15) is 28.4 Å². The van der Waals surface area contributed by atoms with E-state index in [1.54, 1.807) is 0 Å². The van der Waals surface area contributed by atoms with E-state index < -0.39 is 6.17 Å². The van der Waals surface area contributed by atoms with E-state index >= 15 is 0 Å². The van der Waals surface area contributed by atoms with Crippen LogP contribution in [0.15, 0.2) is 12.1 Å². The summed E-state index contributed by atoms with van der Waals surface area (Å²) in [6.07, 6.45) is 0.214. The summed E-state index contributed by atoms with van der Waals surface area (Å²) in [5.41, 5.74) is 10.3. The molecule has 1 atom stereocenters. The molecular weight excluding hydrogens is 176 g/mol. The predicted molar refractivity (Wildman–Crippen MR) is 56.8 cm³/mol. The molecule has 1 rings (SSSR count). The summed E-state index contributed by atoms with van der Waals surface area (Å²) in [5, 5.41) is 2.55. The fourth-order valence-electron chi connectivity index (χ4n) is 1.48. The number of benzene rings is 1. The van der Waals surface area contributed by atoms with Crippen molar-refractivity contribution in [1.82, 2.24) is 5.32 Å². The summed E-state index contributed by atoms with van der Waals surface area (Å²) >= 11 is 0. The standard InChI is InChI=1S/C11H16N2O/c1-7-4-9(3)10(5-8(7)2)11(12)13-6-14/h4-6,11H,12H2,1-3H3,(H,13,14). The molecule has 0 bridgehead atoms. The maximum atomic E-state index is 10.3. The topological polar surface area (TPSA) is 55.1 Å². The van der Waals surface area contributed by atoms with Crippen molar-refractivity contribution in [2.24, 2.45) is 5.73 Å². The van der Waals surface area contributed by atoms with Gasteiger partial charge in [-0.15, -0.1) is 0 Å². The van der Waals surface area contributed by atoms with Gasteiger partial charge in [-0.2, -0.15) is 0 Å². The molecular formula is C11H16N2O. The minimum absolute atomic E-state index is 0.410. The van der Waals surface area contributed by atoms with E-state index in [2.05, 4.69) is 18.3 Å². The van der Waals surface area contributed by atoms with Crippen LogP contribution in [0.5, 0.6) is 0 Å². The second-order valence-electron chi connectivity index (χ2n) is 3.56. The predicted octanol–water partition coefficient (Wildman–Crippen LogP) is 1.32. The van der Waals surface area contributed by atoms with Crippen molar-refractivity contribution < 1.29 is 4.79 Å². The maximum Gasteiger partial charge on any atom is 0.208 e. The Kier molecular flexibility index (Phi) is 3.25. The zero-order valence-electron chi connectivity index (χ0n) is 8.79. The summed E-state index contributed by atoms with van der Waals surface area (Å²) in [6, 6.07) is 4.10. The molecule has 1 aromatic carbocycles. The Labute approximate surface area is 84.3 Å².